The number of hydrogen-bond donors (Lipinski definition) is 1. The minimum Gasteiger partial charge on any atom is -0.464 e. The van der Waals surface area contributed by atoms with Crippen molar-refractivity contribution in [3.05, 3.63) is 54.0 Å². The Labute approximate surface area is 166 Å². The van der Waals surface area contributed by atoms with Gasteiger partial charge in [0.1, 0.15) is 0 Å². The summed E-state index contributed by atoms with van der Waals surface area (Å²) < 4.78 is 6.41. The normalized spacial score (nSPS) is 18.6. The number of carbonyl (C=O) groups excluding carboxylic acids is 2. The molecule has 0 saturated carbocycles. The number of likely N-dealkylation sites (N-methyl/N-ethyl adjacent to an activating group) is 1. The molecule has 0 radical (unpaired) electrons. The van der Waals surface area contributed by atoms with Crippen molar-refractivity contribution in [3.63, 3.8) is 0 Å². The number of nitrogens with zero attached hydrogens (tertiary/aromatic N) is 4. The van der Waals surface area contributed by atoms with Crippen molar-refractivity contribution in [2.45, 2.75) is 12.0 Å². The molecule has 146 valence electrons. The molecule has 1 fully saturated rings. The van der Waals surface area contributed by atoms with Gasteiger partial charge in [-0.05, 0) is 24.3 Å². The number of fused-ring (bicyclic) bond motifs is 1. The zero-order valence-electron chi connectivity index (χ0n) is 15.9. The number of aliphatic hydroxyl groups is 1. The molecule has 8 heteroatoms. The van der Waals surface area contributed by atoms with Crippen LogP contribution in [0.2, 0.25) is 0 Å². The van der Waals surface area contributed by atoms with Gasteiger partial charge in [-0.2, -0.15) is 5.10 Å². The van der Waals surface area contributed by atoms with Crippen LogP contribution in [0.5, 0.6) is 0 Å². The summed E-state index contributed by atoms with van der Waals surface area (Å²) in [5.74, 6) is 4.65. The summed E-state index contributed by atoms with van der Waals surface area (Å²) in [6.45, 7) is 0.465. The summed E-state index contributed by atoms with van der Waals surface area (Å²) in [4.78, 5) is 29.7. The van der Waals surface area contributed by atoms with Gasteiger partial charge in [0, 0.05) is 37.2 Å². The molecule has 1 aliphatic heterocycles. The lowest BCUT2D eigenvalue weighted by Gasteiger charge is -2.13. The molecule has 0 bridgehead atoms. The van der Waals surface area contributed by atoms with Gasteiger partial charge >= 0.3 is 5.97 Å². The van der Waals surface area contributed by atoms with Crippen molar-refractivity contribution in [1.29, 1.82) is 0 Å². The predicted octanol–water partition coefficient (Wildman–Crippen LogP) is 1.15. The molecule has 1 atom stereocenters. The van der Waals surface area contributed by atoms with Crippen molar-refractivity contribution in [2.24, 2.45) is 0 Å². The molecule has 8 nitrogen and oxygen atoms in total. The van der Waals surface area contributed by atoms with E-state index in [-0.39, 0.29) is 12.1 Å². The van der Waals surface area contributed by atoms with E-state index < -0.39 is 17.5 Å². The quantitative estimate of drug-likeness (QED) is 0.521. The molecule has 4 rings (SSSR count). The Balaban J connectivity index is 1.75. The number of carbonyl (C=O) groups is 2. The predicted molar refractivity (Wildman–Crippen MR) is 104 cm³/mol. The van der Waals surface area contributed by atoms with Crippen LogP contribution >= 0.6 is 0 Å². The number of hydrogen-bond acceptors (Lipinski definition) is 6. The summed E-state index contributed by atoms with van der Waals surface area (Å²) in [7, 11) is 2.94. The largest absolute Gasteiger partial charge is 0.464 e. The molecular formula is C21H18N4O4. The van der Waals surface area contributed by atoms with E-state index in [0.717, 1.165) is 0 Å². The summed E-state index contributed by atoms with van der Waals surface area (Å²) in [6, 6.07) is 8.84. The van der Waals surface area contributed by atoms with E-state index in [0.29, 0.717) is 28.7 Å². The summed E-state index contributed by atoms with van der Waals surface area (Å²) in [6.07, 6.45) is 3.47. The van der Waals surface area contributed by atoms with Gasteiger partial charge in [0.2, 0.25) is 5.60 Å². The highest BCUT2D eigenvalue weighted by Gasteiger charge is 2.42. The highest BCUT2D eigenvalue weighted by atomic mass is 16.5. The van der Waals surface area contributed by atoms with Crippen LogP contribution in [0.4, 0.5) is 0 Å². The van der Waals surface area contributed by atoms with Crippen LogP contribution in [-0.4, -0.2) is 63.0 Å². The number of aromatic nitrogens is 3. The minimum atomic E-state index is -1.66. The van der Waals surface area contributed by atoms with Crippen molar-refractivity contribution in [3.8, 4) is 17.5 Å². The molecule has 1 aromatic carbocycles. The van der Waals surface area contributed by atoms with Crippen LogP contribution in [-0.2, 0) is 9.53 Å². The van der Waals surface area contributed by atoms with Crippen LogP contribution in [0, 0.1) is 11.8 Å². The lowest BCUT2D eigenvalue weighted by Crippen LogP contribution is -2.37. The van der Waals surface area contributed by atoms with E-state index in [4.69, 9.17) is 4.74 Å². The first-order chi connectivity index (χ1) is 13.9. The van der Waals surface area contributed by atoms with Crippen LogP contribution in [0.1, 0.15) is 22.5 Å². The molecule has 0 unspecified atom stereocenters. The maximum absolute atomic E-state index is 12.1. The maximum Gasteiger partial charge on any atom is 0.359 e. The average Bonchev–Trinajstić information content (AvgIpc) is 3.26. The molecular weight excluding hydrogens is 372 g/mol. The number of pyridine rings is 1. The molecule has 3 heterocycles. The second-order valence-corrected chi connectivity index (χ2v) is 6.78. The van der Waals surface area contributed by atoms with E-state index >= 15 is 0 Å². The Morgan fingerprint density at radius 1 is 1.34 bits per heavy atom. The van der Waals surface area contributed by atoms with Crippen molar-refractivity contribution in [1.82, 2.24) is 19.7 Å². The SMILES string of the molecule is COC(=O)c1nn(-c2cccc(C#C[C@]3(O)CCN(C)C3=O)c2)c2cnccc12. The minimum absolute atomic E-state index is 0.190. The number of esters is 1. The highest BCUT2D eigenvalue weighted by molar-refractivity contribution is 6.02. The summed E-state index contributed by atoms with van der Waals surface area (Å²) in [5, 5.41) is 15.5. The van der Waals surface area contributed by atoms with Gasteiger partial charge in [-0.25, -0.2) is 9.48 Å². The van der Waals surface area contributed by atoms with Crippen LogP contribution in [0.3, 0.4) is 0 Å². The third-order valence-electron chi connectivity index (χ3n) is 4.88. The second kappa shape index (κ2) is 7.04. The van der Waals surface area contributed by atoms with Gasteiger partial charge in [0.25, 0.3) is 5.91 Å². The molecule has 1 saturated heterocycles. The van der Waals surface area contributed by atoms with Crippen LogP contribution in [0.25, 0.3) is 16.6 Å². The standard InChI is InChI=1S/C21H18N4O4/c1-24-11-9-21(28,20(24)27)8-6-14-4-3-5-15(12-14)25-17-13-22-10-7-16(17)18(23-25)19(26)29-2/h3-5,7,10,12-13,28H,9,11H2,1-2H3/t21-/m0/s1. The number of benzene rings is 1. The van der Waals surface area contributed by atoms with Crippen molar-refractivity contribution < 1.29 is 19.4 Å². The van der Waals surface area contributed by atoms with Crippen LogP contribution < -0.4 is 0 Å². The highest BCUT2D eigenvalue weighted by Crippen LogP contribution is 2.23. The molecule has 1 aliphatic rings. The van der Waals surface area contributed by atoms with Gasteiger partial charge in [-0.15, -0.1) is 0 Å². The van der Waals surface area contributed by atoms with E-state index in [1.807, 2.05) is 6.07 Å². The molecule has 29 heavy (non-hydrogen) atoms. The fourth-order valence-electron chi connectivity index (χ4n) is 3.27. The maximum atomic E-state index is 12.1. The Morgan fingerprint density at radius 2 is 2.17 bits per heavy atom. The van der Waals surface area contributed by atoms with Gasteiger partial charge in [-0.1, -0.05) is 17.9 Å². The van der Waals surface area contributed by atoms with Gasteiger partial charge in [0.05, 0.1) is 24.5 Å². The molecule has 1 N–H and O–H groups in total. The number of ether oxygens (including phenoxy) is 1. The van der Waals surface area contributed by atoms with E-state index in [2.05, 4.69) is 21.9 Å². The fourth-order valence-corrected chi connectivity index (χ4v) is 3.27. The summed E-state index contributed by atoms with van der Waals surface area (Å²) >= 11 is 0. The Hall–Kier alpha value is -3.70. The molecule has 0 spiro atoms. The zero-order chi connectivity index (χ0) is 20.6. The topological polar surface area (TPSA) is 97.5 Å². The number of rotatable bonds is 2. The second-order valence-electron chi connectivity index (χ2n) is 6.78. The first-order valence-corrected chi connectivity index (χ1v) is 8.95. The first-order valence-electron chi connectivity index (χ1n) is 8.95. The van der Waals surface area contributed by atoms with Crippen molar-refractivity contribution >= 4 is 22.8 Å². The Kier molecular flexibility index (Phi) is 4.53. The van der Waals surface area contributed by atoms with Gasteiger partial charge in [-0.3, -0.25) is 9.78 Å². The number of methoxy groups -OCH3 is 1. The van der Waals surface area contributed by atoms with Crippen LogP contribution in [0.15, 0.2) is 42.7 Å². The lowest BCUT2D eigenvalue weighted by molar-refractivity contribution is -0.137. The average molecular weight is 390 g/mol. The first kappa shape index (κ1) is 18.7. The van der Waals surface area contributed by atoms with Gasteiger partial charge < -0.3 is 14.7 Å². The Bertz CT molecular complexity index is 1190. The number of likely N-dealkylation sites (tertiary alicyclic amines) is 1. The zero-order valence-corrected chi connectivity index (χ0v) is 15.9. The molecule has 1 amide bonds. The fraction of sp³-hybridized carbons (Fsp3) is 0.238. The van der Waals surface area contributed by atoms with Gasteiger partial charge in [0.15, 0.2) is 5.69 Å². The Morgan fingerprint density at radius 3 is 2.90 bits per heavy atom. The number of amides is 1. The van der Waals surface area contributed by atoms with E-state index in [1.54, 1.807) is 48.4 Å². The smallest absolute Gasteiger partial charge is 0.359 e. The lowest BCUT2D eigenvalue weighted by atomic mass is 10.0. The molecule has 0 aliphatic carbocycles. The van der Waals surface area contributed by atoms with Crippen molar-refractivity contribution in [2.75, 3.05) is 20.7 Å². The summed E-state index contributed by atoms with van der Waals surface area (Å²) in [5.41, 5.74) is 0.433. The monoisotopic (exact) mass is 390 g/mol. The molecule has 2 aromatic heterocycles. The molecule has 3 aromatic rings. The van der Waals surface area contributed by atoms with E-state index in [1.165, 1.54) is 12.0 Å². The van der Waals surface area contributed by atoms with E-state index in [9.17, 15) is 14.7 Å². The third-order valence-corrected chi connectivity index (χ3v) is 4.88. The third kappa shape index (κ3) is 3.22.